The van der Waals surface area contributed by atoms with Gasteiger partial charge in [-0.1, -0.05) is 211 Å². The van der Waals surface area contributed by atoms with Crippen molar-refractivity contribution in [2.45, 2.75) is 65.7 Å². The third-order valence-corrected chi connectivity index (χ3v) is 13.2. The fraction of sp³-hybridized carbons (Fsp3) is 0.156. The number of phenols is 1. The van der Waals surface area contributed by atoms with E-state index in [0.29, 0.717) is 11.4 Å². The molecule has 0 amide bonds. The largest absolute Gasteiger partial charge is 0.507 e. The van der Waals surface area contributed by atoms with Crippen LogP contribution in [0.4, 0.5) is 0 Å². The van der Waals surface area contributed by atoms with Crippen LogP contribution in [0.5, 0.6) is 5.75 Å². The summed E-state index contributed by atoms with van der Waals surface area (Å²) in [6.45, 7) is 15.5. The zero-order valence-electron chi connectivity index (χ0n) is 40.2. The van der Waals surface area contributed by atoms with Gasteiger partial charge in [-0.2, -0.15) is 0 Å². The molecule has 0 spiro atoms. The summed E-state index contributed by atoms with van der Waals surface area (Å²) in [5.41, 5.74) is 19.2. The molecule has 4 nitrogen and oxygen atoms in total. The van der Waals surface area contributed by atoms with E-state index in [2.05, 4.69) is 241 Å². The molecule has 2 heterocycles. The average molecular weight is 1080 g/mol. The van der Waals surface area contributed by atoms with Gasteiger partial charge in [0.1, 0.15) is 11.6 Å². The first-order valence-corrected chi connectivity index (χ1v) is 23.8. The quantitative estimate of drug-likeness (QED) is 0.139. The van der Waals surface area contributed by atoms with E-state index in [-0.39, 0.29) is 44.1 Å². The van der Waals surface area contributed by atoms with Crippen LogP contribution in [0.1, 0.15) is 77.0 Å². The minimum atomic E-state index is -0.173. The zero-order chi connectivity index (χ0) is 47.1. The number of hydrogen-bond donors (Lipinski definition) is 1. The van der Waals surface area contributed by atoms with Gasteiger partial charge in [0.15, 0.2) is 0 Å². The molecular formula is C64H56N3OPt-. The second kappa shape index (κ2) is 19.5. The van der Waals surface area contributed by atoms with Crippen LogP contribution in [0.15, 0.2) is 194 Å². The molecule has 0 bridgehead atoms. The Morgan fingerprint density at radius 1 is 0.507 bits per heavy atom. The van der Waals surface area contributed by atoms with Crippen molar-refractivity contribution in [1.29, 1.82) is 0 Å². The molecule has 0 unspecified atom stereocenters. The number of imidazole rings is 1. The molecule has 344 valence electrons. The number of aromatic nitrogens is 3. The van der Waals surface area contributed by atoms with E-state index in [1.807, 2.05) is 12.3 Å². The molecule has 10 rings (SSSR count). The predicted octanol–water partition coefficient (Wildman–Crippen LogP) is 17.1. The van der Waals surface area contributed by atoms with Crippen molar-refractivity contribution >= 4 is 11.0 Å². The Labute approximate surface area is 421 Å². The minimum Gasteiger partial charge on any atom is -0.507 e. The number of para-hydroxylation sites is 1. The van der Waals surface area contributed by atoms with Crippen LogP contribution in [0.25, 0.3) is 95.0 Å². The van der Waals surface area contributed by atoms with Crippen LogP contribution in [-0.4, -0.2) is 19.6 Å². The van der Waals surface area contributed by atoms with E-state index in [1.54, 1.807) is 0 Å². The summed E-state index contributed by atoms with van der Waals surface area (Å²) in [4.78, 5) is 10.6. The van der Waals surface area contributed by atoms with Crippen molar-refractivity contribution in [2.24, 2.45) is 0 Å². The van der Waals surface area contributed by atoms with Crippen LogP contribution in [0.3, 0.4) is 0 Å². The summed E-state index contributed by atoms with van der Waals surface area (Å²) in [5, 5.41) is 12.3. The fourth-order valence-electron chi connectivity index (χ4n) is 9.44. The van der Waals surface area contributed by atoms with Crippen molar-refractivity contribution in [1.82, 2.24) is 14.5 Å². The molecule has 0 aliphatic rings. The van der Waals surface area contributed by atoms with Gasteiger partial charge in [0.2, 0.25) is 0 Å². The Bertz CT molecular complexity index is 3420. The van der Waals surface area contributed by atoms with Crippen LogP contribution in [-0.2, 0) is 26.5 Å². The number of fused-ring (bicyclic) bond motifs is 1. The first-order chi connectivity index (χ1) is 32.9. The summed E-state index contributed by atoms with van der Waals surface area (Å²) < 4.78 is 2.25. The van der Waals surface area contributed by atoms with E-state index in [1.165, 1.54) is 27.8 Å². The second-order valence-corrected chi connectivity index (χ2v) is 19.5. The molecule has 0 radical (unpaired) electrons. The third-order valence-electron chi connectivity index (χ3n) is 13.2. The maximum absolute atomic E-state index is 12.3. The molecule has 8 aromatic carbocycles. The van der Waals surface area contributed by atoms with E-state index < -0.39 is 0 Å². The fourth-order valence-corrected chi connectivity index (χ4v) is 9.44. The second-order valence-electron chi connectivity index (χ2n) is 19.5. The monoisotopic (exact) mass is 1080 g/mol. The van der Waals surface area contributed by atoms with Gasteiger partial charge in [0, 0.05) is 38.6 Å². The van der Waals surface area contributed by atoms with Crippen molar-refractivity contribution in [3.8, 4) is 89.7 Å². The topological polar surface area (TPSA) is 50.9 Å². The average Bonchev–Trinajstić information content (AvgIpc) is 3.76. The SMILES string of the molecule is CC(C)c1cc(-c2nc3c(-c4[c-]c(-c5cc(-c6ccc(-c7ccccc7)cc6)ccn5)cc(-c5ccccc5)c4)cccc3n2-c2ccc(-c3ccccc3)c(C(C)(C)C)c2)c(O)c(C(C)C)c1.[Pt]. The van der Waals surface area contributed by atoms with Gasteiger partial charge >= 0.3 is 0 Å². The molecule has 0 fully saturated rings. The standard InChI is InChI=1S/C64H56N3O.Pt/c1-41(2)49-37-56(42(3)4)62(68)57(38-49)63-66-61-55(24-17-25-60(61)67(63)53-30-31-54(47-22-15-10-16-23-47)58(40-53)64(5,6)7)51-34-50(44-20-13-9-14-21-44)35-52(36-51)59-39-48(32-33-65-59)46-28-26-45(27-29-46)43-18-11-8-12-19-43;/h8-35,37-42,68H,1-7H3;/q-1;. The van der Waals surface area contributed by atoms with Crippen molar-refractivity contribution in [3.05, 3.63) is 217 Å². The number of hydrogen-bond acceptors (Lipinski definition) is 3. The van der Waals surface area contributed by atoms with Gasteiger partial charge in [0.25, 0.3) is 0 Å². The molecular weight excluding hydrogens is 1020 g/mol. The molecule has 10 aromatic rings. The summed E-state index contributed by atoms with van der Waals surface area (Å²) in [7, 11) is 0. The molecule has 0 saturated carbocycles. The van der Waals surface area contributed by atoms with E-state index in [9.17, 15) is 5.11 Å². The molecule has 0 aliphatic carbocycles. The minimum absolute atomic E-state index is 0. The number of aromatic hydroxyl groups is 1. The zero-order valence-corrected chi connectivity index (χ0v) is 42.5. The normalized spacial score (nSPS) is 11.6. The van der Waals surface area contributed by atoms with Crippen LogP contribution in [0.2, 0.25) is 0 Å². The number of nitrogens with zero attached hydrogens (tertiary/aromatic N) is 3. The van der Waals surface area contributed by atoms with Crippen molar-refractivity contribution in [2.75, 3.05) is 0 Å². The van der Waals surface area contributed by atoms with Crippen LogP contribution >= 0.6 is 0 Å². The Hall–Kier alpha value is -7.13. The summed E-state index contributed by atoms with van der Waals surface area (Å²) >= 11 is 0. The Balaban J connectivity index is 0.00000593. The molecule has 0 atom stereocenters. The van der Waals surface area contributed by atoms with E-state index in [4.69, 9.17) is 9.97 Å². The summed E-state index contributed by atoms with van der Waals surface area (Å²) in [6.07, 6.45) is 1.89. The number of benzene rings is 8. The van der Waals surface area contributed by atoms with E-state index >= 15 is 0 Å². The molecule has 0 aliphatic heterocycles. The molecule has 2 aromatic heterocycles. The maximum atomic E-state index is 12.3. The van der Waals surface area contributed by atoms with Gasteiger partial charge in [-0.05, 0) is 103 Å². The number of pyridine rings is 1. The summed E-state index contributed by atoms with van der Waals surface area (Å²) in [5.74, 6) is 1.30. The predicted molar refractivity (Wildman–Crippen MR) is 284 cm³/mol. The molecule has 69 heavy (non-hydrogen) atoms. The first kappa shape index (κ1) is 47.0. The van der Waals surface area contributed by atoms with Crippen molar-refractivity contribution in [3.63, 3.8) is 0 Å². The third kappa shape index (κ3) is 9.39. The van der Waals surface area contributed by atoms with Gasteiger partial charge in [-0.15, -0.1) is 23.8 Å². The Morgan fingerprint density at radius 3 is 1.72 bits per heavy atom. The van der Waals surface area contributed by atoms with Crippen LogP contribution < -0.4 is 0 Å². The molecule has 5 heteroatoms. The smallest absolute Gasteiger partial charge is 0.148 e. The maximum Gasteiger partial charge on any atom is 0.148 e. The number of rotatable bonds is 10. The molecule has 0 saturated heterocycles. The van der Waals surface area contributed by atoms with Crippen LogP contribution in [0, 0.1) is 6.07 Å². The van der Waals surface area contributed by atoms with E-state index in [0.717, 1.165) is 72.5 Å². The number of phenolic OH excluding ortho intramolecular Hbond substituents is 1. The van der Waals surface area contributed by atoms with Gasteiger partial charge < -0.3 is 5.11 Å². The Kier molecular flexibility index (Phi) is 13.2. The summed E-state index contributed by atoms with van der Waals surface area (Å²) in [6, 6.07) is 70.3. The first-order valence-electron chi connectivity index (χ1n) is 23.8. The van der Waals surface area contributed by atoms with Crippen molar-refractivity contribution < 1.29 is 26.2 Å². The molecule has 1 N–H and O–H groups in total. The van der Waals surface area contributed by atoms with Gasteiger partial charge in [-0.25, -0.2) is 4.98 Å². The Morgan fingerprint density at radius 2 is 1.10 bits per heavy atom. The van der Waals surface area contributed by atoms with Gasteiger partial charge in [-0.3, -0.25) is 9.55 Å². The van der Waals surface area contributed by atoms with Gasteiger partial charge in [0.05, 0.1) is 16.6 Å².